The Balaban J connectivity index is 1.49. The van der Waals surface area contributed by atoms with Crippen molar-refractivity contribution in [1.29, 1.82) is 0 Å². The average molecular weight is 584 g/mol. The number of carbonyl (C=O) groups is 1. The van der Waals surface area contributed by atoms with Gasteiger partial charge in [-0.05, 0) is 54.8 Å². The minimum atomic E-state index is -5.01. The van der Waals surface area contributed by atoms with Crippen LogP contribution in [0, 0.1) is 5.82 Å². The fourth-order valence-corrected chi connectivity index (χ4v) is 5.37. The van der Waals surface area contributed by atoms with Gasteiger partial charge in [-0.15, -0.1) is 0 Å². The maximum Gasteiger partial charge on any atom is 0.416 e. The molecule has 6 nitrogen and oxygen atoms in total. The average Bonchev–Trinajstić information content (AvgIpc) is 3.53. The lowest BCUT2D eigenvalue weighted by Crippen LogP contribution is -2.39. The smallest absolute Gasteiger partial charge is 0.368 e. The fourth-order valence-electron chi connectivity index (χ4n) is 5.37. The summed E-state index contributed by atoms with van der Waals surface area (Å²) in [5, 5.41) is 3.87. The van der Waals surface area contributed by atoms with Crippen LogP contribution < -0.4 is 0 Å². The first-order valence-corrected chi connectivity index (χ1v) is 12.8. The molecule has 3 aromatic rings. The Bertz CT molecular complexity index is 1430. The van der Waals surface area contributed by atoms with Crippen LogP contribution in [-0.4, -0.2) is 39.6 Å². The van der Waals surface area contributed by atoms with Gasteiger partial charge < -0.3 is 14.2 Å². The minimum Gasteiger partial charge on any atom is -0.368 e. The maximum atomic E-state index is 13.8. The lowest BCUT2D eigenvalue weighted by atomic mass is 9.85. The lowest BCUT2D eigenvalue weighted by molar-refractivity contribution is -0.143. The number of rotatable bonds is 6. The van der Waals surface area contributed by atoms with E-state index in [4.69, 9.17) is 9.26 Å². The van der Waals surface area contributed by atoms with Crippen molar-refractivity contribution < 1.29 is 44.8 Å². The van der Waals surface area contributed by atoms with Crippen LogP contribution in [0.1, 0.15) is 66.3 Å². The van der Waals surface area contributed by atoms with Crippen LogP contribution in [0.25, 0.3) is 5.57 Å². The van der Waals surface area contributed by atoms with Crippen LogP contribution in [-0.2, 0) is 28.3 Å². The van der Waals surface area contributed by atoms with Crippen molar-refractivity contribution in [2.75, 3.05) is 6.54 Å². The summed E-state index contributed by atoms with van der Waals surface area (Å²) < 4.78 is 106. The van der Waals surface area contributed by atoms with Crippen molar-refractivity contribution in [2.45, 2.75) is 63.2 Å². The van der Waals surface area contributed by atoms with Gasteiger partial charge in [0, 0.05) is 36.6 Å². The molecule has 41 heavy (non-hydrogen) atoms. The molecular weight excluding hydrogens is 559 g/mol. The predicted molar refractivity (Wildman–Crippen MR) is 131 cm³/mol. The number of nitrogens with zero attached hydrogens (tertiary/aromatic N) is 3. The Morgan fingerprint density at radius 3 is 2.24 bits per heavy atom. The van der Waals surface area contributed by atoms with E-state index in [2.05, 4.69) is 10.1 Å². The number of amides is 1. The maximum absolute atomic E-state index is 13.8. The highest BCUT2D eigenvalue weighted by molar-refractivity contribution is 5.97. The van der Waals surface area contributed by atoms with E-state index in [1.807, 2.05) is 6.92 Å². The number of aromatic nitrogens is 2. The number of ether oxygens (including phenoxy) is 1. The van der Waals surface area contributed by atoms with Gasteiger partial charge in [0.15, 0.2) is 5.82 Å². The van der Waals surface area contributed by atoms with E-state index in [9.17, 15) is 35.5 Å². The Hall–Kier alpha value is -3.74. The van der Waals surface area contributed by atoms with Crippen molar-refractivity contribution in [3.8, 4) is 0 Å². The Kier molecular flexibility index (Phi) is 7.43. The zero-order valence-corrected chi connectivity index (χ0v) is 21.8. The van der Waals surface area contributed by atoms with Gasteiger partial charge in [0.05, 0.1) is 23.3 Å². The van der Waals surface area contributed by atoms with Gasteiger partial charge in [0.25, 0.3) is 5.89 Å². The summed E-state index contributed by atoms with van der Waals surface area (Å²) >= 11 is 0. The van der Waals surface area contributed by atoms with Crippen LogP contribution in [0.5, 0.6) is 0 Å². The van der Waals surface area contributed by atoms with Gasteiger partial charge in [0.2, 0.25) is 5.91 Å². The van der Waals surface area contributed by atoms with Gasteiger partial charge in [-0.2, -0.15) is 31.3 Å². The number of aryl methyl sites for hydroxylation is 1. The molecular formula is C28H24F7N3O3. The molecule has 2 aromatic carbocycles. The third kappa shape index (κ3) is 5.85. The zero-order valence-electron chi connectivity index (χ0n) is 21.8. The van der Waals surface area contributed by atoms with Crippen molar-refractivity contribution in [1.82, 2.24) is 15.0 Å². The van der Waals surface area contributed by atoms with Crippen molar-refractivity contribution in [2.24, 2.45) is 0 Å². The second-order valence-electron chi connectivity index (χ2n) is 10.0. The first-order chi connectivity index (χ1) is 19.2. The van der Waals surface area contributed by atoms with Crippen molar-refractivity contribution in [3.63, 3.8) is 0 Å². The second-order valence-corrected chi connectivity index (χ2v) is 10.0. The lowest BCUT2D eigenvalue weighted by Gasteiger charge is -2.32. The molecule has 0 saturated carbocycles. The van der Waals surface area contributed by atoms with E-state index in [1.54, 1.807) is 0 Å². The summed E-state index contributed by atoms with van der Waals surface area (Å²) in [4.78, 5) is 19.0. The first kappa shape index (κ1) is 28.8. The molecule has 1 fully saturated rings. The van der Waals surface area contributed by atoms with E-state index < -0.39 is 59.4 Å². The minimum absolute atomic E-state index is 0.00873. The van der Waals surface area contributed by atoms with Gasteiger partial charge in [-0.25, -0.2) is 4.39 Å². The van der Waals surface area contributed by atoms with E-state index in [-0.39, 0.29) is 30.5 Å². The molecule has 2 aliphatic rings. The van der Waals surface area contributed by atoms with Crippen LogP contribution in [0.2, 0.25) is 0 Å². The number of fused-ring (bicyclic) bond motifs is 1. The third-order valence-electron chi connectivity index (χ3n) is 7.37. The predicted octanol–water partition coefficient (Wildman–Crippen LogP) is 6.74. The molecule has 13 heteroatoms. The van der Waals surface area contributed by atoms with Gasteiger partial charge in [-0.3, -0.25) is 4.79 Å². The molecule has 3 heterocycles. The summed E-state index contributed by atoms with van der Waals surface area (Å²) in [5.41, 5.74) is -2.15. The molecule has 0 bridgehead atoms. The van der Waals surface area contributed by atoms with E-state index in [0.29, 0.717) is 35.5 Å². The molecule has 218 valence electrons. The number of alkyl halides is 6. The standard InChI is InChI=1S/C28H24F7N3O3/c1-3-23-36-26(41-37-23)17-10-21-25(15-4-6-20(29)7-5-15)22(13-38(21)24(39)11-17)40-14(2)16-8-18(27(30,31)32)12-19(9-16)28(33,34)35/h4-9,11-12,14,21-22,25H,3,10,13H2,1-2H3/t14-,21?,22+,25?/m1/s1. The highest BCUT2D eigenvalue weighted by Gasteiger charge is 2.48. The molecule has 2 aliphatic heterocycles. The number of hydrogen-bond donors (Lipinski definition) is 0. The van der Waals surface area contributed by atoms with E-state index >= 15 is 0 Å². The molecule has 5 rings (SSSR count). The molecule has 1 saturated heterocycles. The quantitative estimate of drug-likeness (QED) is 0.301. The highest BCUT2D eigenvalue weighted by atomic mass is 19.4. The molecule has 0 N–H and O–H groups in total. The van der Waals surface area contributed by atoms with Crippen LogP contribution in [0.3, 0.4) is 0 Å². The molecule has 0 radical (unpaired) electrons. The zero-order chi connectivity index (χ0) is 29.7. The van der Waals surface area contributed by atoms with Gasteiger partial charge in [0.1, 0.15) is 5.82 Å². The van der Waals surface area contributed by atoms with Gasteiger partial charge >= 0.3 is 12.4 Å². The van der Waals surface area contributed by atoms with Crippen LogP contribution >= 0.6 is 0 Å². The molecule has 0 spiro atoms. The summed E-state index contributed by atoms with van der Waals surface area (Å²) in [6, 6.07) is 6.26. The Morgan fingerprint density at radius 2 is 1.68 bits per heavy atom. The van der Waals surface area contributed by atoms with E-state index in [0.717, 1.165) is 0 Å². The summed E-state index contributed by atoms with van der Waals surface area (Å²) in [6.07, 6.45) is -9.94. The topological polar surface area (TPSA) is 68.5 Å². The van der Waals surface area contributed by atoms with Gasteiger partial charge in [-0.1, -0.05) is 24.2 Å². The number of halogens is 7. The summed E-state index contributed by atoms with van der Waals surface area (Å²) in [7, 11) is 0. The SMILES string of the molecule is CCc1noc(C2=CC(=O)N3C[C@H](O[C@H](C)c4cc(C(F)(F)F)cc(C(F)(F)F)c4)C(c4ccc(F)cc4)C3C2)n1. The molecule has 4 atom stereocenters. The van der Waals surface area contributed by atoms with Crippen molar-refractivity contribution in [3.05, 3.63) is 88.3 Å². The number of hydrogen-bond acceptors (Lipinski definition) is 5. The highest BCUT2D eigenvalue weighted by Crippen LogP contribution is 2.45. The van der Waals surface area contributed by atoms with Crippen molar-refractivity contribution >= 4 is 11.5 Å². The summed E-state index contributed by atoms with van der Waals surface area (Å²) in [5.74, 6) is -0.860. The molecule has 1 amide bonds. The van der Waals surface area contributed by atoms with E-state index in [1.165, 1.54) is 42.2 Å². The van der Waals surface area contributed by atoms with Crippen LogP contribution in [0.4, 0.5) is 30.7 Å². The summed E-state index contributed by atoms with van der Waals surface area (Å²) in [6.45, 7) is 3.20. The number of benzene rings is 2. The monoisotopic (exact) mass is 583 g/mol. The number of carbonyl (C=O) groups excluding carboxylic acids is 1. The normalized spacial score (nSPS) is 22.1. The Labute approximate surface area is 229 Å². The molecule has 2 unspecified atom stereocenters. The molecule has 0 aliphatic carbocycles. The Morgan fingerprint density at radius 1 is 1.05 bits per heavy atom. The largest absolute Gasteiger partial charge is 0.416 e. The fraction of sp³-hybridized carbons (Fsp3) is 0.393. The first-order valence-electron chi connectivity index (χ1n) is 12.8. The van der Waals surface area contributed by atoms with Crippen LogP contribution in [0.15, 0.2) is 53.1 Å². The molecule has 1 aromatic heterocycles. The second kappa shape index (κ2) is 10.6. The third-order valence-corrected chi connectivity index (χ3v) is 7.37.